The monoisotopic (exact) mass is 706 g/mol. The zero-order valence-electron chi connectivity index (χ0n) is 26.7. The van der Waals surface area contributed by atoms with E-state index in [1.165, 1.54) is 39.8 Å². The summed E-state index contributed by atoms with van der Waals surface area (Å²) in [7, 11) is 2.78. The van der Waals surface area contributed by atoms with E-state index < -0.39 is 64.8 Å². The van der Waals surface area contributed by atoms with Crippen molar-refractivity contribution in [3.8, 4) is 5.75 Å². The highest BCUT2D eigenvalue weighted by atomic mass is 33.1. The van der Waals surface area contributed by atoms with Crippen LogP contribution in [0.3, 0.4) is 0 Å². The van der Waals surface area contributed by atoms with E-state index >= 15 is 0 Å². The van der Waals surface area contributed by atoms with E-state index in [9.17, 15) is 35.1 Å². The highest BCUT2D eigenvalue weighted by molar-refractivity contribution is 8.76. The number of aliphatic hydroxyl groups is 5. The van der Waals surface area contributed by atoms with Gasteiger partial charge in [0, 0.05) is 28.8 Å². The van der Waals surface area contributed by atoms with Gasteiger partial charge in [-0.3, -0.25) is 9.59 Å². The molecule has 1 saturated carbocycles. The van der Waals surface area contributed by atoms with Gasteiger partial charge in [0.1, 0.15) is 46.2 Å². The second kappa shape index (κ2) is 11.7. The van der Waals surface area contributed by atoms with Crippen LogP contribution < -0.4 is 10.1 Å². The van der Waals surface area contributed by atoms with Crippen molar-refractivity contribution in [3.63, 3.8) is 0 Å². The zero-order chi connectivity index (χ0) is 34.3. The molecule has 8 atom stereocenters. The quantitative estimate of drug-likeness (QED) is 0.186. The first-order valence-electron chi connectivity index (χ1n) is 16.5. The lowest BCUT2D eigenvalue weighted by molar-refractivity contribution is -0.354. The number of rotatable bonds is 1. The van der Waals surface area contributed by atoms with Gasteiger partial charge in [0.25, 0.3) is 0 Å². The average molecular weight is 707 g/mol. The molecular weight excluding hydrogens is 669 g/mol. The maximum atomic E-state index is 14.8. The molecule has 6 N–H and O–H groups in total. The van der Waals surface area contributed by atoms with E-state index in [0.717, 1.165) is 18.4 Å². The van der Waals surface area contributed by atoms with Gasteiger partial charge in [0.05, 0.1) is 24.0 Å². The van der Waals surface area contributed by atoms with Crippen LogP contribution in [-0.4, -0.2) is 90.0 Å². The number of ketones is 2. The summed E-state index contributed by atoms with van der Waals surface area (Å²) in [5, 5.41) is 62.1. The minimum absolute atomic E-state index is 0.0691. The molecule has 1 saturated heterocycles. The molecular formula is C36H38N2O9S2. The van der Waals surface area contributed by atoms with Gasteiger partial charge in [-0.2, -0.15) is 0 Å². The molecule has 2 fully saturated rings. The maximum absolute atomic E-state index is 14.8. The smallest absolute Gasteiger partial charge is 0.230 e. The number of ether oxygens (including phenoxy) is 2. The molecule has 1 aromatic carbocycles. The molecule has 6 aliphatic rings. The number of aliphatic hydroxyl groups excluding tert-OH is 4. The van der Waals surface area contributed by atoms with Crippen LogP contribution in [0.4, 0.5) is 5.82 Å². The fourth-order valence-corrected chi connectivity index (χ4v) is 11.4. The Kier molecular flexibility index (Phi) is 7.87. The number of hydrogen-bond donors (Lipinski definition) is 6. The van der Waals surface area contributed by atoms with Crippen molar-refractivity contribution in [1.29, 1.82) is 0 Å². The van der Waals surface area contributed by atoms with Gasteiger partial charge >= 0.3 is 0 Å². The summed E-state index contributed by atoms with van der Waals surface area (Å²) in [6.07, 6.45) is 5.93. The van der Waals surface area contributed by atoms with Crippen LogP contribution in [0, 0.1) is 17.3 Å². The number of nitrogens with one attached hydrogen (secondary N) is 1. The fraction of sp³-hybridized carbons (Fsp3) is 0.472. The summed E-state index contributed by atoms with van der Waals surface area (Å²) < 4.78 is 12.5. The van der Waals surface area contributed by atoms with Gasteiger partial charge in [0.2, 0.25) is 6.29 Å². The molecule has 2 spiro atoms. The van der Waals surface area contributed by atoms with E-state index in [4.69, 9.17) is 9.47 Å². The topological polar surface area (TPSA) is 179 Å². The lowest BCUT2D eigenvalue weighted by Gasteiger charge is -2.60. The molecule has 13 heteroatoms. The molecule has 4 aliphatic carbocycles. The molecule has 8 rings (SSSR count). The molecule has 11 nitrogen and oxygen atoms in total. The minimum atomic E-state index is -2.27. The molecule has 0 radical (unpaired) electrons. The van der Waals surface area contributed by atoms with Crippen LogP contribution in [0.25, 0.3) is 0 Å². The maximum Gasteiger partial charge on any atom is 0.230 e. The highest BCUT2D eigenvalue weighted by Gasteiger charge is 2.70. The Morgan fingerprint density at radius 2 is 1.92 bits per heavy atom. The Morgan fingerprint density at radius 3 is 2.69 bits per heavy atom. The van der Waals surface area contributed by atoms with Gasteiger partial charge in [0.15, 0.2) is 11.6 Å². The second-order valence-electron chi connectivity index (χ2n) is 14.0. The number of nitrogens with zero attached hydrogens (tertiary/aromatic N) is 1. The number of pyridine rings is 1. The summed E-state index contributed by atoms with van der Waals surface area (Å²) in [4.78, 5) is 33.5. The molecule has 258 valence electrons. The van der Waals surface area contributed by atoms with Gasteiger partial charge < -0.3 is 40.3 Å². The summed E-state index contributed by atoms with van der Waals surface area (Å²) >= 11 is 0. The Labute approximate surface area is 290 Å². The van der Waals surface area contributed by atoms with E-state index in [1.807, 2.05) is 12.1 Å². The predicted octanol–water partition coefficient (Wildman–Crippen LogP) is 3.85. The van der Waals surface area contributed by atoms with Crippen molar-refractivity contribution >= 4 is 39.0 Å². The van der Waals surface area contributed by atoms with Gasteiger partial charge in [-0.25, -0.2) is 4.98 Å². The largest absolute Gasteiger partial charge is 0.511 e. The molecule has 3 heterocycles. The first-order chi connectivity index (χ1) is 23.5. The van der Waals surface area contributed by atoms with Crippen LogP contribution in [0.1, 0.15) is 58.9 Å². The average Bonchev–Trinajstić information content (AvgIpc) is 3.59. The van der Waals surface area contributed by atoms with Crippen molar-refractivity contribution in [1.82, 2.24) is 4.98 Å². The summed E-state index contributed by atoms with van der Waals surface area (Å²) in [5.41, 5.74) is -4.88. The predicted molar refractivity (Wildman–Crippen MR) is 183 cm³/mol. The lowest BCUT2D eigenvalue weighted by atomic mass is 9.55. The number of fused-ring (bicyclic) bond motifs is 6. The first-order valence-corrected chi connectivity index (χ1v) is 19.0. The molecule has 2 aromatic rings. The zero-order valence-corrected chi connectivity index (χ0v) is 28.4. The molecule has 1 aromatic heterocycles. The molecule has 0 amide bonds. The Balaban J connectivity index is 1.32. The van der Waals surface area contributed by atoms with Crippen molar-refractivity contribution < 1.29 is 44.6 Å². The number of hydrogen-bond acceptors (Lipinski definition) is 13. The van der Waals surface area contributed by atoms with Crippen molar-refractivity contribution in [2.24, 2.45) is 17.3 Å². The molecule has 7 bridgehead atoms. The van der Waals surface area contributed by atoms with Gasteiger partial charge in [-0.1, -0.05) is 70.4 Å². The Hall–Kier alpha value is -3.17. The first kappa shape index (κ1) is 33.0. The van der Waals surface area contributed by atoms with E-state index in [0.29, 0.717) is 30.1 Å². The number of carbonyl (C=O) groups excluding carboxylic acids is 2. The van der Waals surface area contributed by atoms with Crippen molar-refractivity contribution in [3.05, 3.63) is 88.9 Å². The van der Waals surface area contributed by atoms with Gasteiger partial charge in [-0.05, 0) is 49.6 Å². The van der Waals surface area contributed by atoms with Crippen molar-refractivity contribution in [2.45, 2.75) is 67.7 Å². The van der Waals surface area contributed by atoms with Crippen LogP contribution >= 0.6 is 21.6 Å². The Bertz CT molecular complexity index is 1820. The number of Topliss-reactive ketones (excluding diaryl/α,β-unsaturated/α-hetero) is 2. The number of allylic oxidation sites excluding steroid dienone is 4. The minimum Gasteiger partial charge on any atom is -0.511 e. The molecule has 8 unspecified atom stereocenters. The van der Waals surface area contributed by atoms with Crippen LogP contribution in [-0.2, 0) is 10.2 Å². The van der Waals surface area contributed by atoms with Gasteiger partial charge in [-0.15, -0.1) is 0 Å². The van der Waals surface area contributed by atoms with Crippen LogP contribution in [0.2, 0.25) is 0 Å². The lowest BCUT2D eigenvalue weighted by Crippen LogP contribution is -2.78. The highest BCUT2D eigenvalue weighted by Crippen LogP contribution is 2.58. The second-order valence-corrected chi connectivity index (χ2v) is 16.5. The molecule has 2 aliphatic heterocycles. The standard InChI is InChI=1S/C36H38N2O9S2/c1-19-13-22-28(41)21-5-4-6-23-27(21)29(42)35(22,25(40)14-19)17-48-49-18-38-26-15-20(8-12-37-26)33(9-2-3-10-33)24-7-11-34(16-39)32(44)36(24,45)30(43)31(46-23)47-34/h4-8,11-15,22,24,30-32,39-40,43-45H,2-3,9-10,16-18H2,1H3,(H,37,38). The summed E-state index contributed by atoms with van der Waals surface area (Å²) in [6, 6.07) is 8.39. The summed E-state index contributed by atoms with van der Waals surface area (Å²) in [5.74, 6) is -1.96. The third-order valence-corrected chi connectivity index (χ3v) is 13.8. The normalized spacial score (nSPS) is 37.7. The van der Waals surface area contributed by atoms with E-state index in [2.05, 4.69) is 10.3 Å². The number of carbonyl (C=O) groups is 2. The number of benzene rings is 1. The van der Waals surface area contributed by atoms with E-state index in [1.54, 1.807) is 37.4 Å². The van der Waals surface area contributed by atoms with Crippen LogP contribution in [0.15, 0.2) is 72.2 Å². The third kappa shape index (κ3) is 4.52. The third-order valence-electron chi connectivity index (χ3n) is 11.6. The van der Waals surface area contributed by atoms with Crippen molar-refractivity contribution in [2.75, 3.05) is 23.6 Å². The Morgan fingerprint density at radius 1 is 1.12 bits per heavy atom. The SMILES string of the molecule is CC1=CC2C(=O)c3cccc4c3C(=O)C2(CSSCNc2cc(ccn2)C2(CCCC2)C2C=CC3(CO)OC(O4)C(O)C2(O)C3O)C(O)=C1. The van der Waals surface area contributed by atoms with E-state index in [-0.39, 0.29) is 34.2 Å². The summed E-state index contributed by atoms with van der Waals surface area (Å²) in [6.45, 7) is 1.02. The van der Waals surface area contributed by atoms with Crippen LogP contribution in [0.5, 0.6) is 5.75 Å². The number of anilines is 1. The fourth-order valence-electron chi connectivity index (χ4n) is 9.14. The molecule has 49 heavy (non-hydrogen) atoms. The number of aromatic nitrogens is 1.